The lowest BCUT2D eigenvalue weighted by Gasteiger charge is -2.32. The van der Waals surface area contributed by atoms with Gasteiger partial charge in [-0.2, -0.15) is 17.0 Å². The fourth-order valence-corrected chi connectivity index (χ4v) is 3.48. The Kier molecular flexibility index (Phi) is 11.9. The quantitative estimate of drug-likeness (QED) is 0.299. The van der Waals surface area contributed by atoms with Crippen LogP contribution in [0.5, 0.6) is 5.75 Å². The lowest BCUT2D eigenvalue weighted by Crippen LogP contribution is -2.53. The van der Waals surface area contributed by atoms with E-state index < -0.39 is 54.7 Å². The average Bonchev–Trinajstić information content (AvgIpc) is 2.78. The van der Waals surface area contributed by atoms with E-state index in [4.69, 9.17) is 4.74 Å². The van der Waals surface area contributed by atoms with Gasteiger partial charge in [0.05, 0.1) is 13.2 Å². The number of hydrogen-bond acceptors (Lipinski definition) is 9. The van der Waals surface area contributed by atoms with Crippen molar-refractivity contribution in [3.05, 3.63) is 29.8 Å². The molecule has 35 heavy (non-hydrogen) atoms. The number of aromatic hydroxyl groups is 1. The lowest BCUT2D eigenvalue weighted by atomic mass is 10.0. The monoisotopic (exact) mass is 508 g/mol. The summed E-state index contributed by atoms with van der Waals surface area (Å²) in [5.74, 6) is -1.85. The zero-order valence-electron chi connectivity index (χ0n) is 20.5. The number of rotatable bonds is 11. The van der Waals surface area contributed by atoms with E-state index in [9.17, 15) is 29.5 Å². The minimum Gasteiger partial charge on any atom is -0.508 e. The third-order valence-electron chi connectivity index (χ3n) is 4.50. The van der Waals surface area contributed by atoms with Crippen LogP contribution >= 0.6 is 11.8 Å². The van der Waals surface area contributed by atoms with E-state index in [1.165, 1.54) is 36.0 Å². The number of alkyl carbamates (subject to hydrolysis) is 1. The number of phenolic OH excluding ortho intramolecular Hbond substituents is 1. The highest BCUT2D eigenvalue weighted by molar-refractivity contribution is 7.98. The molecule has 11 nitrogen and oxygen atoms in total. The Morgan fingerprint density at radius 1 is 1.26 bits per heavy atom. The zero-order chi connectivity index (χ0) is 26.6. The van der Waals surface area contributed by atoms with Gasteiger partial charge < -0.3 is 30.1 Å². The molecule has 2 atom stereocenters. The molecule has 0 saturated heterocycles. The van der Waals surface area contributed by atoms with Crippen LogP contribution in [-0.2, 0) is 23.9 Å². The summed E-state index contributed by atoms with van der Waals surface area (Å²) in [4.78, 5) is 51.7. The number of carbonyl (C=O) groups is 4. The standard InChI is InChI=1S/C23H32N4O7S/c1-23(2,3)34-22(32)26-17(9-12-35-5)21(31)27(11-10-24)19(15-7-6-8-16(28)13-15)20(30)25-14-18(29)33-4/h6-8,13,17,19,28H,9,11-12,14H2,1-5H3,(H,25,30)(H,26,32). The summed E-state index contributed by atoms with van der Waals surface area (Å²) in [5, 5.41) is 24.3. The van der Waals surface area contributed by atoms with Crippen LogP contribution in [-0.4, -0.2) is 77.7 Å². The molecule has 0 heterocycles. The van der Waals surface area contributed by atoms with E-state index >= 15 is 0 Å². The summed E-state index contributed by atoms with van der Waals surface area (Å²) >= 11 is 1.45. The van der Waals surface area contributed by atoms with Crippen LogP contribution in [0.1, 0.15) is 38.8 Å². The molecule has 0 bridgehead atoms. The number of nitrogens with zero attached hydrogens (tertiary/aromatic N) is 2. The van der Waals surface area contributed by atoms with Gasteiger partial charge in [-0.15, -0.1) is 0 Å². The highest BCUT2D eigenvalue weighted by Crippen LogP contribution is 2.26. The number of amides is 3. The molecule has 0 aliphatic heterocycles. The average molecular weight is 509 g/mol. The van der Waals surface area contributed by atoms with Gasteiger partial charge in [0.1, 0.15) is 36.5 Å². The molecule has 0 saturated carbocycles. The van der Waals surface area contributed by atoms with Gasteiger partial charge in [0.2, 0.25) is 11.8 Å². The number of methoxy groups -OCH3 is 1. The number of nitrogens with one attached hydrogen (secondary N) is 2. The summed E-state index contributed by atoms with van der Waals surface area (Å²) in [6.07, 6.45) is 1.22. The lowest BCUT2D eigenvalue weighted by molar-refractivity contribution is -0.144. The maximum Gasteiger partial charge on any atom is 0.408 e. The fraction of sp³-hybridized carbons (Fsp3) is 0.522. The molecular weight excluding hydrogens is 476 g/mol. The molecule has 0 aliphatic carbocycles. The molecule has 12 heteroatoms. The zero-order valence-corrected chi connectivity index (χ0v) is 21.3. The van der Waals surface area contributed by atoms with E-state index in [-0.39, 0.29) is 17.7 Å². The maximum absolute atomic E-state index is 13.6. The van der Waals surface area contributed by atoms with Crippen molar-refractivity contribution in [3.63, 3.8) is 0 Å². The Morgan fingerprint density at radius 3 is 2.49 bits per heavy atom. The summed E-state index contributed by atoms with van der Waals surface area (Å²) in [7, 11) is 1.16. The van der Waals surface area contributed by atoms with Crippen molar-refractivity contribution in [2.45, 2.75) is 44.9 Å². The Morgan fingerprint density at radius 2 is 1.94 bits per heavy atom. The molecule has 3 amide bonds. The second-order valence-corrected chi connectivity index (χ2v) is 9.38. The molecule has 0 fully saturated rings. The van der Waals surface area contributed by atoms with E-state index in [2.05, 4.69) is 15.4 Å². The maximum atomic E-state index is 13.6. The summed E-state index contributed by atoms with van der Waals surface area (Å²) < 4.78 is 9.80. The van der Waals surface area contributed by atoms with E-state index in [1.54, 1.807) is 20.8 Å². The highest BCUT2D eigenvalue weighted by Gasteiger charge is 2.36. The molecule has 0 aromatic heterocycles. The topological polar surface area (TPSA) is 158 Å². The predicted molar refractivity (Wildman–Crippen MR) is 129 cm³/mol. The first kappa shape index (κ1) is 29.6. The fourth-order valence-electron chi connectivity index (χ4n) is 3.01. The molecule has 0 aliphatic rings. The summed E-state index contributed by atoms with van der Waals surface area (Å²) in [5.41, 5.74) is -0.599. The third-order valence-corrected chi connectivity index (χ3v) is 5.15. The summed E-state index contributed by atoms with van der Waals surface area (Å²) in [6.45, 7) is 4.06. The third kappa shape index (κ3) is 10.1. The molecule has 1 aromatic carbocycles. The van der Waals surface area contributed by atoms with Gasteiger partial charge in [-0.3, -0.25) is 14.4 Å². The first-order valence-corrected chi connectivity index (χ1v) is 12.1. The van der Waals surface area contributed by atoms with Gasteiger partial charge in [-0.25, -0.2) is 4.79 Å². The summed E-state index contributed by atoms with van der Waals surface area (Å²) in [6, 6.07) is 5.03. The van der Waals surface area contributed by atoms with Crippen molar-refractivity contribution in [3.8, 4) is 11.8 Å². The van der Waals surface area contributed by atoms with E-state index in [1.807, 2.05) is 12.3 Å². The highest BCUT2D eigenvalue weighted by atomic mass is 32.2. The largest absolute Gasteiger partial charge is 0.508 e. The van der Waals surface area contributed by atoms with Crippen LogP contribution in [0.25, 0.3) is 0 Å². The van der Waals surface area contributed by atoms with E-state index in [0.717, 1.165) is 12.0 Å². The Hall–Kier alpha value is -3.46. The van der Waals surface area contributed by atoms with Gasteiger partial charge in [0, 0.05) is 0 Å². The molecular formula is C23H32N4O7S. The van der Waals surface area contributed by atoms with Crippen LogP contribution < -0.4 is 10.6 Å². The number of benzene rings is 1. The Balaban J connectivity index is 3.39. The smallest absolute Gasteiger partial charge is 0.408 e. The molecule has 0 radical (unpaired) electrons. The van der Waals surface area contributed by atoms with Crippen LogP contribution in [0, 0.1) is 11.3 Å². The molecule has 2 unspecified atom stereocenters. The minimum atomic E-state index is -1.38. The van der Waals surface area contributed by atoms with Crippen molar-refractivity contribution in [2.24, 2.45) is 0 Å². The second-order valence-electron chi connectivity index (χ2n) is 8.40. The number of carbonyl (C=O) groups excluding carboxylic acids is 4. The van der Waals surface area contributed by atoms with Crippen LogP contribution in [0.2, 0.25) is 0 Å². The number of ether oxygens (including phenoxy) is 2. The van der Waals surface area contributed by atoms with Crippen LogP contribution in [0.3, 0.4) is 0 Å². The van der Waals surface area contributed by atoms with Gasteiger partial charge >= 0.3 is 12.1 Å². The molecule has 192 valence electrons. The molecule has 3 N–H and O–H groups in total. The molecule has 1 aromatic rings. The van der Waals surface area contributed by atoms with Gasteiger partial charge in [0.25, 0.3) is 0 Å². The Bertz CT molecular complexity index is 943. The SMILES string of the molecule is COC(=O)CNC(=O)C(c1cccc(O)c1)N(CC#N)C(=O)C(CCSC)NC(=O)OC(C)(C)C. The van der Waals surface area contributed by atoms with E-state index in [0.29, 0.717) is 5.75 Å². The molecule has 1 rings (SSSR count). The Labute approximate surface area is 209 Å². The normalized spacial score (nSPS) is 12.5. The van der Waals surface area contributed by atoms with Crippen molar-refractivity contribution in [1.29, 1.82) is 5.26 Å². The van der Waals surface area contributed by atoms with Crippen molar-refractivity contribution >= 4 is 35.6 Å². The number of hydrogen-bond donors (Lipinski definition) is 3. The van der Waals surface area contributed by atoms with Crippen molar-refractivity contribution < 1.29 is 33.8 Å². The minimum absolute atomic E-state index is 0.163. The predicted octanol–water partition coefficient (Wildman–Crippen LogP) is 1.72. The van der Waals surface area contributed by atoms with Crippen LogP contribution in [0.15, 0.2) is 24.3 Å². The first-order valence-electron chi connectivity index (χ1n) is 10.7. The number of phenols is 1. The van der Waals surface area contributed by atoms with Crippen molar-refractivity contribution in [2.75, 3.05) is 32.2 Å². The van der Waals surface area contributed by atoms with Gasteiger partial charge in [-0.05, 0) is 56.9 Å². The van der Waals surface area contributed by atoms with Crippen molar-refractivity contribution in [1.82, 2.24) is 15.5 Å². The van der Waals surface area contributed by atoms with Crippen LogP contribution in [0.4, 0.5) is 4.79 Å². The number of thioether (sulfide) groups is 1. The second kappa shape index (κ2) is 14.1. The van der Waals surface area contributed by atoms with Gasteiger partial charge in [0.15, 0.2) is 0 Å². The number of esters is 1. The first-order chi connectivity index (χ1) is 16.4. The number of nitriles is 1. The molecule has 0 spiro atoms. The van der Waals surface area contributed by atoms with Gasteiger partial charge in [-0.1, -0.05) is 12.1 Å².